The van der Waals surface area contributed by atoms with Crippen LogP contribution in [-0.4, -0.2) is 36.2 Å². The standard InChI is InChI=1S/C15H19NO4/c1-15(19,12-7-8-12)9-16-13(17)10-3-5-11(6-4-10)14(18)20-2/h3-6,12,19H,7-9H2,1-2H3,(H,16,17)/t15-/m1/s1. The molecule has 0 heterocycles. The fraction of sp³-hybridized carbons (Fsp3) is 0.467. The molecule has 2 N–H and O–H groups in total. The number of carbonyl (C=O) groups excluding carboxylic acids is 2. The van der Waals surface area contributed by atoms with E-state index in [1.165, 1.54) is 7.11 Å². The smallest absolute Gasteiger partial charge is 0.337 e. The van der Waals surface area contributed by atoms with Gasteiger partial charge in [-0.1, -0.05) is 0 Å². The monoisotopic (exact) mass is 277 g/mol. The van der Waals surface area contributed by atoms with Gasteiger partial charge in [0, 0.05) is 12.1 Å². The number of methoxy groups -OCH3 is 1. The van der Waals surface area contributed by atoms with Crippen molar-refractivity contribution in [2.75, 3.05) is 13.7 Å². The SMILES string of the molecule is COC(=O)c1ccc(C(=O)NC[C@@](C)(O)C2CC2)cc1. The Labute approximate surface area is 117 Å². The van der Waals surface area contributed by atoms with Gasteiger partial charge in [0.05, 0.1) is 18.3 Å². The van der Waals surface area contributed by atoms with Gasteiger partial charge < -0.3 is 15.2 Å². The molecule has 0 unspecified atom stereocenters. The van der Waals surface area contributed by atoms with E-state index >= 15 is 0 Å². The first-order valence-corrected chi connectivity index (χ1v) is 6.63. The van der Waals surface area contributed by atoms with E-state index in [0.717, 1.165) is 12.8 Å². The lowest BCUT2D eigenvalue weighted by atomic mass is 10.0. The molecule has 20 heavy (non-hydrogen) atoms. The Hall–Kier alpha value is -1.88. The average molecular weight is 277 g/mol. The van der Waals surface area contributed by atoms with E-state index in [0.29, 0.717) is 11.1 Å². The van der Waals surface area contributed by atoms with Crippen molar-refractivity contribution in [3.63, 3.8) is 0 Å². The van der Waals surface area contributed by atoms with Crippen molar-refractivity contribution >= 4 is 11.9 Å². The highest BCUT2D eigenvalue weighted by Crippen LogP contribution is 2.39. The second-order valence-corrected chi connectivity index (χ2v) is 5.38. The Kier molecular flexibility index (Phi) is 4.09. The van der Waals surface area contributed by atoms with Gasteiger partial charge in [-0.15, -0.1) is 0 Å². The van der Waals surface area contributed by atoms with Crippen LogP contribution in [0.1, 0.15) is 40.5 Å². The van der Waals surface area contributed by atoms with Crippen molar-refractivity contribution in [1.29, 1.82) is 0 Å². The molecule has 0 aliphatic heterocycles. The van der Waals surface area contributed by atoms with Crippen molar-refractivity contribution < 1.29 is 19.4 Å². The number of nitrogens with one attached hydrogen (secondary N) is 1. The van der Waals surface area contributed by atoms with E-state index in [4.69, 9.17) is 0 Å². The summed E-state index contributed by atoms with van der Waals surface area (Å²) in [5.74, 6) is -0.416. The average Bonchev–Trinajstić information content (AvgIpc) is 3.29. The largest absolute Gasteiger partial charge is 0.465 e. The summed E-state index contributed by atoms with van der Waals surface area (Å²) >= 11 is 0. The summed E-state index contributed by atoms with van der Waals surface area (Å²) in [6.07, 6.45) is 2.02. The van der Waals surface area contributed by atoms with E-state index in [9.17, 15) is 14.7 Å². The van der Waals surface area contributed by atoms with Crippen LogP contribution in [0.25, 0.3) is 0 Å². The van der Waals surface area contributed by atoms with Crippen molar-refractivity contribution in [3.8, 4) is 0 Å². The molecule has 5 nitrogen and oxygen atoms in total. The molecule has 108 valence electrons. The summed E-state index contributed by atoms with van der Waals surface area (Å²) in [6, 6.07) is 6.21. The molecule has 1 aliphatic carbocycles. The summed E-state index contributed by atoms with van der Waals surface area (Å²) in [5, 5.41) is 12.8. The predicted octanol–water partition coefficient (Wildman–Crippen LogP) is 1.36. The molecule has 1 aliphatic rings. The third kappa shape index (κ3) is 3.36. The number of hydrogen-bond acceptors (Lipinski definition) is 4. The molecule has 1 amide bonds. The zero-order valence-electron chi connectivity index (χ0n) is 11.7. The number of rotatable bonds is 5. The number of esters is 1. The summed E-state index contributed by atoms with van der Waals surface area (Å²) in [7, 11) is 1.31. The van der Waals surface area contributed by atoms with Crippen LogP contribution in [0.2, 0.25) is 0 Å². The summed E-state index contributed by atoms with van der Waals surface area (Å²) in [6.45, 7) is 1.97. The zero-order chi connectivity index (χ0) is 14.8. The van der Waals surface area contributed by atoms with Crippen LogP contribution >= 0.6 is 0 Å². The molecule has 0 bridgehead atoms. The van der Waals surface area contributed by atoms with Crippen molar-refractivity contribution in [2.45, 2.75) is 25.4 Å². The summed E-state index contributed by atoms with van der Waals surface area (Å²) in [5.41, 5.74) is 0.00000898. The van der Waals surface area contributed by atoms with E-state index in [1.54, 1.807) is 31.2 Å². The van der Waals surface area contributed by atoms with Gasteiger partial charge in [0.2, 0.25) is 0 Å². The molecular weight excluding hydrogens is 258 g/mol. The van der Waals surface area contributed by atoms with Crippen LogP contribution in [0.15, 0.2) is 24.3 Å². The molecule has 0 spiro atoms. The van der Waals surface area contributed by atoms with E-state index in [1.807, 2.05) is 0 Å². The van der Waals surface area contributed by atoms with Crippen LogP contribution in [-0.2, 0) is 4.74 Å². The Morgan fingerprint density at radius 1 is 1.30 bits per heavy atom. The van der Waals surface area contributed by atoms with E-state index in [-0.39, 0.29) is 18.4 Å². The minimum absolute atomic E-state index is 0.231. The molecule has 2 rings (SSSR count). The van der Waals surface area contributed by atoms with Crippen LogP contribution in [0, 0.1) is 5.92 Å². The van der Waals surface area contributed by atoms with Gasteiger partial charge in [-0.3, -0.25) is 4.79 Å². The molecule has 0 radical (unpaired) electrons. The zero-order valence-corrected chi connectivity index (χ0v) is 11.7. The number of ether oxygens (including phenoxy) is 1. The molecule has 1 aromatic carbocycles. The first kappa shape index (κ1) is 14.5. The lowest BCUT2D eigenvalue weighted by Gasteiger charge is -2.23. The minimum atomic E-state index is -0.846. The van der Waals surface area contributed by atoms with Gasteiger partial charge >= 0.3 is 5.97 Å². The number of amides is 1. The Morgan fingerprint density at radius 2 is 1.85 bits per heavy atom. The van der Waals surface area contributed by atoms with Crippen LogP contribution in [0.3, 0.4) is 0 Å². The maximum Gasteiger partial charge on any atom is 0.337 e. The normalized spacial score (nSPS) is 17.1. The second kappa shape index (κ2) is 5.63. The third-order valence-electron chi connectivity index (χ3n) is 3.63. The molecule has 1 aromatic rings. The highest BCUT2D eigenvalue weighted by Gasteiger charge is 2.39. The molecular formula is C15H19NO4. The minimum Gasteiger partial charge on any atom is -0.465 e. The maximum atomic E-state index is 11.9. The number of aliphatic hydroxyl groups is 1. The van der Waals surface area contributed by atoms with Gasteiger partial charge in [0.15, 0.2) is 0 Å². The van der Waals surface area contributed by atoms with Gasteiger partial charge in [-0.2, -0.15) is 0 Å². The van der Waals surface area contributed by atoms with Gasteiger partial charge in [0.1, 0.15) is 0 Å². The summed E-state index contributed by atoms with van der Waals surface area (Å²) in [4.78, 5) is 23.2. The molecule has 0 saturated heterocycles. The number of carbonyl (C=O) groups is 2. The fourth-order valence-corrected chi connectivity index (χ4v) is 2.09. The molecule has 5 heteroatoms. The van der Waals surface area contributed by atoms with Crippen molar-refractivity contribution in [2.24, 2.45) is 5.92 Å². The van der Waals surface area contributed by atoms with Gasteiger partial charge in [-0.25, -0.2) is 4.79 Å². The first-order valence-electron chi connectivity index (χ1n) is 6.63. The fourth-order valence-electron chi connectivity index (χ4n) is 2.09. The van der Waals surface area contributed by atoms with Crippen LogP contribution < -0.4 is 5.32 Å². The molecule has 1 fully saturated rings. The lowest BCUT2D eigenvalue weighted by molar-refractivity contribution is 0.0354. The van der Waals surface area contributed by atoms with E-state index in [2.05, 4.69) is 10.1 Å². The lowest BCUT2D eigenvalue weighted by Crippen LogP contribution is -2.42. The summed E-state index contributed by atoms with van der Waals surface area (Å²) < 4.78 is 4.59. The highest BCUT2D eigenvalue weighted by atomic mass is 16.5. The quantitative estimate of drug-likeness (QED) is 0.797. The van der Waals surface area contributed by atoms with Crippen LogP contribution in [0.4, 0.5) is 0 Å². The Balaban J connectivity index is 1.93. The molecule has 1 atom stereocenters. The predicted molar refractivity (Wildman–Crippen MR) is 73.5 cm³/mol. The second-order valence-electron chi connectivity index (χ2n) is 5.38. The Morgan fingerprint density at radius 3 is 2.35 bits per heavy atom. The Bertz CT molecular complexity index is 503. The third-order valence-corrected chi connectivity index (χ3v) is 3.63. The topological polar surface area (TPSA) is 75.6 Å². The van der Waals surface area contributed by atoms with Crippen LogP contribution in [0.5, 0.6) is 0 Å². The van der Waals surface area contributed by atoms with Crippen molar-refractivity contribution in [1.82, 2.24) is 5.32 Å². The molecule has 0 aromatic heterocycles. The number of benzene rings is 1. The molecule has 1 saturated carbocycles. The van der Waals surface area contributed by atoms with Crippen molar-refractivity contribution in [3.05, 3.63) is 35.4 Å². The number of hydrogen-bond donors (Lipinski definition) is 2. The van der Waals surface area contributed by atoms with Gasteiger partial charge in [-0.05, 0) is 49.9 Å². The maximum absolute atomic E-state index is 11.9. The van der Waals surface area contributed by atoms with Gasteiger partial charge in [0.25, 0.3) is 5.91 Å². The first-order chi connectivity index (χ1) is 9.44. The highest BCUT2D eigenvalue weighted by molar-refractivity contribution is 5.96. The van der Waals surface area contributed by atoms with E-state index < -0.39 is 11.6 Å².